The fourth-order valence-corrected chi connectivity index (χ4v) is 2.15. The molecule has 3 rings (SSSR count). The molecule has 3 aromatic rings. The molecule has 3 nitrogen and oxygen atoms in total. The number of halogens is 1. The Kier molecular flexibility index (Phi) is 2.71. The molecule has 0 aliphatic carbocycles. The molecule has 1 N–H and O–H groups in total. The Bertz CT molecular complexity index is 823. The Morgan fingerprint density at radius 2 is 2.05 bits per heavy atom. The quantitative estimate of drug-likeness (QED) is 0.714. The topological polar surface area (TPSA) is 42.2 Å². The van der Waals surface area contributed by atoms with Crippen LogP contribution in [0.25, 0.3) is 21.9 Å². The highest BCUT2D eigenvalue weighted by Crippen LogP contribution is 2.23. The monoisotopic (exact) mass is 257 g/mol. The summed E-state index contributed by atoms with van der Waals surface area (Å²) < 4.78 is 19.2. The minimum absolute atomic E-state index is 0.00801. The van der Waals surface area contributed by atoms with Gasteiger partial charge in [-0.3, -0.25) is 4.79 Å². The minimum Gasteiger partial charge on any atom is -0.453 e. The fraction of sp³-hybridized carbons (Fsp3) is 0.133. The van der Waals surface area contributed by atoms with E-state index in [-0.39, 0.29) is 16.4 Å². The van der Waals surface area contributed by atoms with Crippen LogP contribution in [0.3, 0.4) is 0 Å². The van der Waals surface area contributed by atoms with Crippen molar-refractivity contribution in [3.05, 3.63) is 52.4 Å². The van der Waals surface area contributed by atoms with Crippen LogP contribution in [0.4, 0.5) is 10.1 Å². The molecular weight excluding hydrogens is 245 g/mol. The highest BCUT2D eigenvalue weighted by Gasteiger charge is 2.11. The van der Waals surface area contributed by atoms with Crippen LogP contribution in [-0.2, 0) is 0 Å². The fourth-order valence-electron chi connectivity index (χ4n) is 2.15. The van der Waals surface area contributed by atoms with Crippen molar-refractivity contribution in [1.82, 2.24) is 0 Å². The van der Waals surface area contributed by atoms with Crippen molar-refractivity contribution in [2.24, 2.45) is 0 Å². The zero-order valence-corrected chi connectivity index (χ0v) is 10.4. The zero-order valence-electron chi connectivity index (χ0n) is 10.4. The Hall–Kier alpha value is -2.36. The number of hydrogen-bond donors (Lipinski definition) is 1. The van der Waals surface area contributed by atoms with Gasteiger partial charge in [0.2, 0.25) is 5.43 Å². The number of fused-ring (bicyclic) bond motifs is 2. The molecule has 0 saturated carbocycles. The van der Waals surface area contributed by atoms with Crippen LogP contribution in [0.15, 0.2) is 45.6 Å². The first-order valence-corrected chi connectivity index (χ1v) is 6.09. The van der Waals surface area contributed by atoms with E-state index in [0.29, 0.717) is 11.0 Å². The first-order chi connectivity index (χ1) is 9.20. The largest absolute Gasteiger partial charge is 0.453 e. The summed E-state index contributed by atoms with van der Waals surface area (Å²) in [6, 6.07) is 9.59. The van der Waals surface area contributed by atoms with E-state index in [9.17, 15) is 9.18 Å². The molecule has 0 aliphatic heterocycles. The molecule has 0 aliphatic rings. The summed E-state index contributed by atoms with van der Waals surface area (Å²) in [7, 11) is 0. The molecular formula is C15H12FNO2. The molecule has 0 atom stereocenters. The molecule has 96 valence electrons. The standard InChI is InChI=1S/C15H12FNO2/c1-2-17-9-6-7-10-13(8-9)19-15-11(14(10)18)4-3-5-12(15)16/h3-8,17H,2H2,1H3. The normalized spacial score (nSPS) is 11.1. The van der Waals surface area contributed by atoms with Gasteiger partial charge in [0.25, 0.3) is 0 Å². The number of rotatable bonds is 2. The number of anilines is 1. The maximum absolute atomic E-state index is 13.7. The Morgan fingerprint density at radius 3 is 2.84 bits per heavy atom. The molecule has 0 spiro atoms. The molecule has 1 aromatic heterocycles. The van der Waals surface area contributed by atoms with Gasteiger partial charge in [-0.2, -0.15) is 0 Å². The minimum atomic E-state index is -0.523. The second-order valence-corrected chi connectivity index (χ2v) is 4.29. The van der Waals surface area contributed by atoms with E-state index in [0.717, 1.165) is 12.2 Å². The van der Waals surface area contributed by atoms with E-state index < -0.39 is 5.82 Å². The predicted molar refractivity (Wildman–Crippen MR) is 74.1 cm³/mol. The van der Waals surface area contributed by atoms with Gasteiger partial charge in [-0.05, 0) is 31.2 Å². The summed E-state index contributed by atoms with van der Waals surface area (Å²) in [5, 5.41) is 3.85. The molecule has 0 radical (unpaired) electrons. The van der Waals surface area contributed by atoms with Gasteiger partial charge in [-0.15, -0.1) is 0 Å². The van der Waals surface area contributed by atoms with Crippen molar-refractivity contribution in [3.63, 3.8) is 0 Å². The van der Waals surface area contributed by atoms with Gasteiger partial charge in [0, 0.05) is 18.3 Å². The second kappa shape index (κ2) is 4.39. The third-order valence-electron chi connectivity index (χ3n) is 3.03. The number of nitrogens with one attached hydrogen (secondary N) is 1. The first kappa shape index (κ1) is 11.7. The van der Waals surface area contributed by atoms with Crippen LogP contribution >= 0.6 is 0 Å². The van der Waals surface area contributed by atoms with Gasteiger partial charge < -0.3 is 9.73 Å². The van der Waals surface area contributed by atoms with E-state index in [1.165, 1.54) is 12.1 Å². The Morgan fingerprint density at radius 1 is 1.21 bits per heavy atom. The van der Waals surface area contributed by atoms with Crippen LogP contribution in [0.2, 0.25) is 0 Å². The van der Waals surface area contributed by atoms with E-state index in [4.69, 9.17) is 4.42 Å². The van der Waals surface area contributed by atoms with Crippen molar-refractivity contribution in [2.45, 2.75) is 6.92 Å². The van der Waals surface area contributed by atoms with Gasteiger partial charge >= 0.3 is 0 Å². The smallest absolute Gasteiger partial charge is 0.200 e. The summed E-state index contributed by atoms with van der Waals surface area (Å²) in [6.07, 6.45) is 0. The van der Waals surface area contributed by atoms with Gasteiger partial charge in [0.05, 0.1) is 10.8 Å². The van der Waals surface area contributed by atoms with Crippen LogP contribution < -0.4 is 10.7 Å². The Balaban J connectivity index is 2.40. The maximum atomic E-state index is 13.7. The van der Waals surface area contributed by atoms with E-state index in [1.807, 2.05) is 13.0 Å². The van der Waals surface area contributed by atoms with Crippen molar-refractivity contribution in [3.8, 4) is 0 Å². The third-order valence-corrected chi connectivity index (χ3v) is 3.03. The lowest BCUT2D eigenvalue weighted by Gasteiger charge is -2.05. The van der Waals surface area contributed by atoms with Gasteiger partial charge in [-0.25, -0.2) is 4.39 Å². The zero-order chi connectivity index (χ0) is 13.4. The number of benzene rings is 2. The van der Waals surface area contributed by atoms with E-state index in [1.54, 1.807) is 18.2 Å². The molecule has 19 heavy (non-hydrogen) atoms. The highest BCUT2D eigenvalue weighted by atomic mass is 19.1. The number of hydrogen-bond acceptors (Lipinski definition) is 3. The van der Waals surface area contributed by atoms with Crippen LogP contribution in [0.5, 0.6) is 0 Å². The third kappa shape index (κ3) is 1.85. The molecule has 0 fully saturated rings. The second-order valence-electron chi connectivity index (χ2n) is 4.29. The number of para-hydroxylation sites is 1. The van der Waals surface area contributed by atoms with Crippen molar-refractivity contribution >= 4 is 27.6 Å². The van der Waals surface area contributed by atoms with Gasteiger partial charge in [0.1, 0.15) is 5.58 Å². The summed E-state index contributed by atoms with van der Waals surface area (Å²) in [5.74, 6) is -0.523. The molecule has 4 heteroatoms. The van der Waals surface area contributed by atoms with Crippen LogP contribution in [0.1, 0.15) is 6.92 Å². The summed E-state index contributed by atoms with van der Waals surface area (Å²) >= 11 is 0. The highest BCUT2D eigenvalue weighted by molar-refractivity contribution is 5.91. The van der Waals surface area contributed by atoms with E-state index in [2.05, 4.69) is 5.32 Å². The molecule has 2 aromatic carbocycles. The Labute approximate surface area is 108 Å². The van der Waals surface area contributed by atoms with Gasteiger partial charge in [-0.1, -0.05) is 6.07 Å². The summed E-state index contributed by atoms with van der Waals surface area (Å²) in [4.78, 5) is 12.3. The summed E-state index contributed by atoms with van der Waals surface area (Å²) in [5.41, 5.74) is 1.03. The summed E-state index contributed by atoms with van der Waals surface area (Å²) in [6.45, 7) is 2.73. The van der Waals surface area contributed by atoms with Crippen molar-refractivity contribution in [2.75, 3.05) is 11.9 Å². The molecule has 0 amide bonds. The molecule has 0 unspecified atom stereocenters. The molecule has 0 saturated heterocycles. The van der Waals surface area contributed by atoms with Crippen LogP contribution in [0, 0.1) is 5.82 Å². The average Bonchev–Trinajstić information content (AvgIpc) is 2.41. The van der Waals surface area contributed by atoms with Crippen molar-refractivity contribution in [1.29, 1.82) is 0 Å². The lowest BCUT2D eigenvalue weighted by Crippen LogP contribution is -2.04. The van der Waals surface area contributed by atoms with Gasteiger partial charge in [0.15, 0.2) is 11.4 Å². The van der Waals surface area contributed by atoms with Crippen LogP contribution in [-0.4, -0.2) is 6.54 Å². The SMILES string of the molecule is CCNc1ccc2c(=O)c3cccc(F)c3oc2c1. The first-order valence-electron chi connectivity index (χ1n) is 6.09. The average molecular weight is 257 g/mol. The predicted octanol–water partition coefficient (Wildman–Crippen LogP) is 3.52. The molecule has 0 bridgehead atoms. The molecule has 1 heterocycles. The van der Waals surface area contributed by atoms with Crippen molar-refractivity contribution < 1.29 is 8.81 Å². The maximum Gasteiger partial charge on any atom is 0.200 e. The lowest BCUT2D eigenvalue weighted by molar-refractivity contribution is 0.579. The lowest BCUT2D eigenvalue weighted by atomic mass is 10.1. The van der Waals surface area contributed by atoms with E-state index >= 15 is 0 Å².